The summed E-state index contributed by atoms with van der Waals surface area (Å²) >= 11 is 9.59. The van der Waals surface area contributed by atoms with E-state index in [-0.39, 0.29) is 22.1 Å². The second-order valence-electron chi connectivity index (χ2n) is 9.06. The number of carbonyl (C=O) groups excluding carboxylic acids is 2. The first-order chi connectivity index (χ1) is 13.6. The zero-order chi connectivity index (χ0) is 20.6. The molecule has 3 aliphatic rings. The summed E-state index contributed by atoms with van der Waals surface area (Å²) in [7, 11) is 1.42. The van der Waals surface area contributed by atoms with Crippen LogP contribution in [-0.2, 0) is 9.59 Å². The fourth-order valence-electron chi connectivity index (χ4n) is 5.66. The van der Waals surface area contributed by atoms with Crippen LogP contribution in [0.25, 0.3) is 0 Å². The van der Waals surface area contributed by atoms with Crippen molar-refractivity contribution in [2.45, 2.75) is 107 Å². The summed E-state index contributed by atoms with van der Waals surface area (Å²) in [4.78, 5) is 34.2. The minimum absolute atomic E-state index is 0.146. The van der Waals surface area contributed by atoms with Crippen molar-refractivity contribution >= 4 is 46.3 Å². The molecule has 3 fully saturated rings. The second-order valence-corrected chi connectivity index (χ2v) is 10.2. The highest BCUT2D eigenvalue weighted by molar-refractivity contribution is 7.82. The molecule has 0 saturated heterocycles. The molecule has 1 N–H and O–H groups in total. The molecule has 3 aliphatic carbocycles. The van der Waals surface area contributed by atoms with E-state index in [0.717, 1.165) is 57.8 Å². The molecule has 0 heterocycles. The van der Waals surface area contributed by atoms with Gasteiger partial charge in [-0.1, -0.05) is 57.8 Å². The van der Waals surface area contributed by atoms with Gasteiger partial charge in [-0.05, 0) is 59.8 Å². The van der Waals surface area contributed by atoms with Gasteiger partial charge in [0.1, 0.15) is 0 Å². The first-order valence-electron chi connectivity index (χ1n) is 11.3. The maximum Gasteiger partial charge on any atom is 0.159 e. The Morgan fingerprint density at radius 2 is 1.00 bits per heavy atom. The van der Waals surface area contributed by atoms with Crippen molar-refractivity contribution in [3.05, 3.63) is 0 Å². The molecule has 0 bridgehead atoms. The number of rotatable bonds is 6. The molecule has 3 nitrogen and oxygen atoms in total. The Balaban J connectivity index is 0.00000136. The molecular formula is C22H39O3PS2. The van der Waals surface area contributed by atoms with Gasteiger partial charge in [0.05, 0.1) is 15.9 Å². The number of Topliss-reactive ketones (excluding diaryl/α,β-unsaturated/α-hetero) is 2. The lowest BCUT2D eigenvalue weighted by molar-refractivity contribution is -0.144. The van der Waals surface area contributed by atoms with Crippen molar-refractivity contribution < 1.29 is 14.5 Å². The third kappa shape index (κ3) is 5.77. The van der Waals surface area contributed by atoms with Gasteiger partial charge >= 0.3 is 0 Å². The second kappa shape index (κ2) is 12.3. The van der Waals surface area contributed by atoms with Crippen LogP contribution in [0.1, 0.15) is 96.3 Å². The predicted molar refractivity (Wildman–Crippen MR) is 126 cm³/mol. The van der Waals surface area contributed by atoms with E-state index in [1.165, 1.54) is 48.0 Å². The quantitative estimate of drug-likeness (QED) is 0.283. The van der Waals surface area contributed by atoms with Crippen LogP contribution in [0.4, 0.5) is 0 Å². The molecule has 28 heavy (non-hydrogen) atoms. The zero-order valence-electron chi connectivity index (χ0n) is 17.2. The first-order valence-corrected chi connectivity index (χ1v) is 12.8. The summed E-state index contributed by atoms with van der Waals surface area (Å²) in [6, 6.07) is 0. The van der Waals surface area contributed by atoms with Gasteiger partial charge in [0.25, 0.3) is 0 Å². The Bertz CT molecular complexity index is 458. The van der Waals surface area contributed by atoms with Crippen molar-refractivity contribution in [1.82, 2.24) is 0 Å². The van der Waals surface area contributed by atoms with E-state index in [0.29, 0.717) is 11.8 Å². The van der Waals surface area contributed by atoms with Crippen molar-refractivity contribution in [3.63, 3.8) is 0 Å². The summed E-state index contributed by atoms with van der Waals surface area (Å²) in [5, 5.41) is -0.520. The zero-order valence-corrected chi connectivity index (χ0v) is 20.1. The van der Waals surface area contributed by atoms with Crippen molar-refractivity contribution in [1.29, 1.82) is 0 Å². The van der Waals surface area contributed by atoms with Crippen LogP contribution in [-0.4, -0.2) is 27.0 Å². The molecule has 6 heteroatoms. The van der Waals surface area contributed by atoms with Gasteiger partial charge in [-0.2, -0.15) is 25.3 Å². The van der Waals surface area contributed by atoms with Crippen LogP contribution >= 0.6 is 34.7 Å². The van der Waals surface area contributed by atoms with Crippen LogP contribution in [0, 0.1) is 17.3 Å². The largest absolute Gasteiger partial charge is 0.380 e. The first kappa shape index (κ1) is 24.7. The summed E-state index contributed by atoms with van der Waals surface area (Å²) in [6.07, 6.45) is 16.3. The molecule has 0 amide bonds. The highest BCUT2D eigenvalue weighted by Gasteiger charge is 2.51. The predicted octanol–water partition coefficient (Wildman–Crippen LogP) is 5.60. The van der Waals surface area contributed by atoms with Gasteiger partial charge in [-0.25, -0.2) is 0 Å². The number of carbonyl (C=O) groups is 2. The van der Waals surface area contributed by atoms with E-state index >= 15 is 0 Å². The summed E-state index contributed by atoms with van der Waals surface area (Å²) in [6.45, 7) is 0. The van der Waals surface area contributed by atoms with Gasteiger partial charge < -0.3 is 4.89 Å². The standard InChI is InChI=1S/C22H36O2S2.H3OP/c23-20(18(25)16-10-4-1-5-11-16)22(14-8-3-9-15-22)21(24)19(26)17-12-6-2-7-13-17;1-2/h16-19,25-26H,1-15H2;1H,2H2. The van der Waals surface area contributed by atoms with E-state index in [2.05, 4.69) is 0 Å². The number of thiol groups is 2. The summed E-state index contributed by atoms with van der Waals surface area (Å²) in [5.41, 5.74) is -0.786. The fraction of sp³-hybridized carbons (Fsp3) is 0.909. The Kier molecular flexibility index (Phi) is 10.9. The smallest absolute Gasteiger partial charge is 0.159 e. The van der Waals surface area contributed by atoms with Crippen molar-refractivity contribution in [2.75, 3.05) is 0 Å². The van der Waals surface area contributed by atoms with Gasteiger partial charge in [-0.15, -0.1) is 0 Å². The Hall–Kier alpha value is 0.430. The number of ketones is 2. The molecule has 162 valence electrons. The number of hydrogen-bond acceptors (Lipinski definition) is 5. The maximum atomic E-state index is 13.6. The molecule has 3 rings (SSSR count). The monoisotopic (exact) mass is 446 g/mol. The molecular weight excluding hydrogens is 407 g/mol. The molecule has 0 spiro atoms. The molecule has 0 aromatic carbocycles. The molecule has 3 saturated carbocycles. The SMILES string of the molecule is O=C(C(S)C1CCCCC1)C1(C(=O)C(S)C2CCCCC2)CCCCC1.OP. The van der Waals surface area contributed by atoms with E-state index in [1.54, 1.807) is 0 Å². The minimum atomic E-state index is -0.786. The van der Waals surface area contributed by atoms with Crippen LogP contribution < -0.4 is 0 Å². The third-order valence-electron chi connectivity index (χ3n) is 7.38. The summed E-state index contributed by atoms with van der Waals surface area (Å²) < 4.78 is 0. The van der Waals surface area contributed by atoms with Gasteiger partial charge in [0.2, 0.25) is 0 Å². The molecule has 0 aromatic rings. The van der Waals surface area contributed by atoms with Gasteiger partial charge in [0.15, 0.2) is 11.6 Å². The molecule has 3 unspecified atom stereocenters. The van der Waals surface area contributed by atoms with Gasteiger partial charge in [-0.3, -0.25) is 9.59 Å². The Labute approximate surface area is 184 Å². The minimum Gasteiger partial charge on any atom is -0.380 e. The molecule has 0 aliphatic heterocycles. The van der Waals surface area contributed by atoms with E-state index in [4.69, 9.17) is 30.2 Å². The molecule has 0 radical (unpaired) electrons. The molecule has 3 atom stereocenters. The topological polar surface area (TPSA) is 54.4 Å². The average molecular weight is 447 g/mol. The van der Waals surface area contributed by atoms with Crippen molar-refractivity contribution in [2.24, 2.45) is 17.3 Å². The maximum absolute atomic E-state index is 13.6. The Morgan fingerprint density at radius 1 is 0.679 bits per heavy atom. The lowest BCUT2D eigenvalue weighted by Crippen LogP contribution is -2.51. The highest BCUT2D eigenvalue weighted by Crippen LogP contribution is 2.45. The average Bonchev–Trinajstić information content (AvgIpc) is 2.80. The highest BCUT2D eigenvalue weighted by atomic mass is 32.1. The van der Waals surface area contributed by atoms with E-state index in [1.807, 2.05) is 0 Å². The fourth-order valence-corrected chi connectivity index (χ4v) is 6.75. The van der Waals surface area contributed by atoms with Crippen LogP contribution in [0.2, 0.25) is 0 Å². The van der Waals surface area contributed by atoms with Crippen LogP contribution in [0.5, 0.6) is 0 Å². The lowest BCUT2D eigenvalue weighted by atomic mass is 9.63. The van der Waals surface area contributed by atoms with Gasteiger partial charge in [0, 0.05) is 0 Å². The van der Waals surface area contributed by atoms with Crippen molar-refractivity contribution in [3.8, 4) is 0 Å². The number of hydrogen-bond donors (Lipinski definition) is 3. The lowest BCUT2D eigenvalue weighted by Gasteiger charge is -2.41. The van der Waals surface area contributed by atoms with Crippen LogP contribution in [0.15, 0.2) is 0 Å². The molecule has 0 aromatic heterocycles. The summed E-state index contributed by atoms with van der Waals surface area (Å²) in [5.74, 6) is 1.01. The van der Waals surface area contributed by atoms with Crippen LogP contribution in [0.3, 0.4) is 0 Å². The normalized spacial score (nSPS) is 25.9. The van der Waals surface area contributed by atoms with E-state index in [9.17, 15) is 9.59 Å². The third-order valence-corrected chi connectivity index (χ3v) is 8.69. The Morgan fingerprint density at radius 3 is 1.36 bits per heavy atom. The van der Waals surface area contributed by atoms with E-state index < -0.39 is 5.41 Å².